The summed E-state index contributed by atoms with van der Waals surface area (Å²) in [4.78, 5) is 10.0. The third-order valence-corrected chi connectivity index (χ3v) is 10.7. The second kappa shape index (κ2) is 15.1. The number of hydrogen-bond acceptors (Lipinski definition) is 4. The van der Waals surface area contributed by atoms with Gasteiger partial charge in [0.15, 0.2) is 5.82 Å². The zero-order valence-electron chi connectivity index (χ0n) is 31.9. The van der Waals surface area contributed by atoms with Gasteiger partial charge in [0.25, 0.3) is 0 Å². The summed E-state index contributed by atoms with van der Waals surface area (Å²) in [5.74, 6) is 1.24. The van der Waals surface area contributed by atoms with E-state index < -0.39 is 0 Å². The normalized spacial score (nSPS) is 15.7. The van der Waals surface area contributed by atoms with Gasteiger partial charge in [0.05, 0.1) is 28.3 Å². The Morgan fingerprint density at radius 3 is 1.80 bits per heavy atom. The third kappa shape index (κ3) is 7.36. The highest BCUT2D eigenvalue weighted by Gasteiger charge is 2.32. The molecule has 55 heavy (non-hydrogen) atoms. The number of nitrogens with two attached hydrogens (primary N) is 1. The van der Waals surface area contributed by atoms with E-state index in [1.807, 2.05) is 36.4 Å². The van der Waals surface area contributed by atoms with Gasteiger partial charge >= 0.3 is 0 Å². The van der Waals surface area contributed by atoms with Crippen LogP contribution in [0.15, 0.2) is 170 Å². The Morgan fingerprint density at radius 1 is 0.600 bits per heavy atom. The van der Waals surface area contributed by atoms with Crippen LogP contribution in [0.3, 0.4) is 0 Å². The number of rotatable bonds is 9. The zero-order valence-corrected chi connectivity index (χ0v) is 31.9. The summed E-state index contributed by atoms with van der Waals surface area (Å²) in [6, 6.07) is 55.0. The minimum atomic E-state index is -0.361. The van der Waals surface area contributed by atoms with E-state index in [1.54, 1.807) is 0 Å². The Morgan fingerprint density at radius 2 is 1.18 bits per heavy atom. The van der Waals surface area contributed by atoms with Crippen LogP contribution in [0.1, 0.15) is 55.9 Å². The van der Waals surface area contributed by atoms with Crippen LogP contribution < -0.4 is 11.1 Å². The van der Waals surface area contributed by atoms with Crippen molar-refractivity contribution in [2.24, 2.45) is 5.92 Å². The van der Waals surface area contributed by atoms with E-state index in [0.29, 0.717) is 11.7 Å². The lowest BCUT2D eigenvalue weighted by atomic mass is 9.80. The molecule has 0 bridgehead atoms. The predicted molar refractivity (Wildman–Crippen MR) is 232 cm³/mol. The highest BCUT2D eigenvalue weighted by molar-refractivity contribution is 5.92. The molecule has 2 unspecified atom stereocenters. The summed E-state index contributed by atoms with van der Waals surface area (Å²) < 4.78 is 0. The van der Waals surface area contributed by atoms with Gasteiger partial charge in [-0.25, -0.2) is 9.97 Å². The van der Waals surface area contributed by atoms with Gasteiger partial charge in [0.2, 0.25) is 0 Å². The maximum absolute atomic E-state index is 6.97. The number of benzene rings is 6. The quantitative estimate of drug-likeness (QED) is 0.146. The lowest BCUT2D eigenvalue weighted by Crippen LogP contribution is -2.34. The number of hydrogen-bond donors (Lipinski definition) is 2. The molecule has 0 amide bonds. The van der Waals surface area contributed by atoms with E-state index in [0.717, 1.165) is 50.6 Å². The molecule has 6 aromatic carbocycles. The standard InChI is InChI=1S/C51H46N4/c1-34(2)45-33-51(4,43-21-12-7-13-22-43)55-49-44(45)30-29-39(48(49)52)24-23-35(3)41-19-14-20-42(31-41)36-25-27-40(28-26-36)50-53-46(37-15-8-5-9-16-37)32-47(54-50)38-17-10-6-11-18-38/h5-35,55H,52H2,1-4H3/b24-23-. The first-order valence-electron chi connectivity index (χ1n) is 19.1. The van der Waals surface area contributed by atoms with Gasteiger partial charge in [0.1, 0.15) is 0 Å². The minimum Gasteiger partial charge on any atom is -0.397 e. The average molecular weight is 715 g/mol. The van der Waals surface area contributed by atoms with Crippen molar-refractivity contribution in [1.82, 2.24) is 9.97 Å². The summed E-state index contributed by atoms with van der Waals surface area (Å²) in [7, 11) is 0. The van der Waals surface area contributed by atoms with Crippen LogP contribution in [-0.2, 0) is 5.54 Å². The monoisotopic (exact) mass is 714 g/mol. The summed E-state index contributed by atoms with van der Waals surface area (Å²) in [5, 5.41) is 3.82. The molecule has 0 spiro atoms. The number of anilines is 2. The van der Waals surface area contributed by atoms with Gasteiger partial charge < -0.3 is 11.1 Å². The number of nitrogens with one attached hydrogen (secondary N) is 1. The van der Waals surface area contributed by atoms with Crippen LogP contribution in [0.2, 0.25) is 0 Å². The zero-order chi connectivity index (χ0) is 37.9. The molecule has 0 saturated heterocycles. The van der Waals surface area contributed by atoms with E-state index in [2.05, 4.69) is 173 Å². The molecule has 4 nitrogen and oxygen atoms in total. The van der Waals surface area contributed by atoms with Gasteiger partial charge in [-0.2, -0.15) is 0 Å². The van der Waals surface area contributed by atoms with Gasteiger partial charge in [0, 0.05) is 22.3 Å². The van der Waals surface area contributed by atoms with Crippen LogP contribution in [0.25, 0.3) is 56.7 Å². The Bertz CT molecular complexity index is 2440. The van der Waals surface area contributed by atoms with E-state index >= 15 is 0 Å². The van der Waals surface area contributed by atoms with Gasteiger partial charge in [-0.3, -0.25) is 0 Å². The summed E-state index contributed by atoms with van der Waals surface area (Å²) in [6.07, 6.45) is 6.79. The van der Waals surface area contributed by atoms with Crippen molar-refractivity contribution in [3.63, 3.8) is 0 Å². The first kappa shape index (κ1) is 35.5. The molecule has 2 atom stereocenters. The van der Waals surface area contributed by atoms with Gasteiger partial charge in [-0.05, 0) is 58.2 Å². The Hall–Kier alpha value is -6.52. The second-order valence-electron chi connectivity index (χ2n) is 15.0. The molecule has 270 valence electrons. The topological polar surface area (TPSA) is 63.8 Å². The maximum Gasteiger partial charge on any atom is 0.160 e. The van der Waals surface area contributed by atoms with Crippen molar-refractivity contribution in [1.29, 1.82) is 0 Å². The number of fused-ring (bicyclic) bond motifs is 1. The fourth-order valence-electron chi connectivity index (χ4n) is 7.52. The number of nitrogens with zero attached hydrogens (tertiary/aromatic N) is 2. The summed E-state index contributed by atoms with van der Waals surface area (Å²) in [5.41, 5.74) is 21.6. The molecule has 2 heterocycles. The molecule has 1 aliphatic rings. The van der Waals surface area contributed by atoms with Crippen LogP contribution in [0, 0.1) is 5.92 Å². The van der Waals surface area contributed by atoms with Crippen LogP contribution in [0.4, 0.5) is 11.4 Å². The summed E-state index contributed by atoms with van der Waals surface area (Å²) >= 11 is 0. The number of nitrogen functional groups attached to an aromatic ring is 1. The van der Waals surface area contributed by atoms with Gasteiger partial charge in [-0.1, -0.05) is 191 Å². The molecule has 0 saturated carbocycles. The lowest BCUT2D eigenvalue weighted by Gasteiger charge is -2.38. The maximum atomic E-state index is 6.97. The Labute approximate surface area is 325 Å². The van der Waals surface area contributed by atoms with Crippen LogP contribution in [0.5, 0.6) is 0 Å². The van der Waals surface area contributed by atoms with E-state index in [-0.39, 0.29) is 11.5 Å². The van der Waals surface area contributed by atoms with Crippen molar-refractivity contribution in [2.75, 3.05) is 11.1 Å². The second-order valence-corrected chi connectivity index (χ2v) is 15.0. The van der Waals surface area contributed by atoms with Crippen molar-refractivity contribution in [2.45, 2.75) is 39.2 Å². The predicted octanol–water partition coefficient (Wildman–Crippen LogP) is 12.9. The molecule has 0 fully saturated rings. The first-order chi connectivity index (χ1) is 26.8. The van der Waals surface area contributed by atoms with Gasteiger partial charge in [-0.15, -0.1) is 0 Å². The molecule has 0 radical (unpaired) electrons. The highest BCUT2D eigenvalue weighted by Crippen LogP contribution is 2.45. The van der Waals surface area contributed by atoms with E-state index in [9.17, 15) is 0 Å². The summed E-state index contributed by atoms with van der Waals surface area (Å²) in [6.45, 7) is 8.97. The molecule has 7 aromatic rings. The van der Waals surface area contributed by atoms with Crippen molar-refractivity contribution in [3.8, 4) is 45.0 Å². The Balaban J connectivity index is 1.04. The molecule has 1 aliphatic heterocycles. The van der Waals surface area contributed by atoms with Crippen molar-refractivity contribution < 1.29 is 0 Å². The van der Waals surface area contributed by atoms with Crippen LogP contribution in [-0.4, -0.2) is 9.97 Å². The minimum absolute atomic E-state index is 0.175. The number of aromatic nitrogens is 2. The molecule has 1 aromatic heterocycles. The number of allylic oxidation sites excluding steroid dienone is 2. The first-order valence-corrected chi connectivity index (χ1v) is 19.1. The van der Waals surface area contributed by atoms with Crippen molar-refractivity contribution >= 4 is 23.0 Å². The molecule has 0 aliphatic carbocycles. The molecule has 8 rings (SSSR count). The van der Waals surface area contributed by atoms with E-state index in [4.69, 9.17) is 15.7 Å². The van der Waals surface area contributed by atoms with E-state index in [1.165, 1.54) is 27.8 Å². The average Bonchev–Trinajstić information content (AvgIpc) is 3.24. The SMILES string of the molecule is CC(C)C1=CC(C)(c2ccccc2)Nc2c1ccc(/C=C\C(C)c1cccc(-c3ccc(-c4nc(-c5ccccc5)cc(-c5ccccc5)n4)cc3)c1)c2N. The van der Waals surface area contributed by atoms with Crippen LogP contribution >= 0.6 is 0 Å². The smallest absolute Gasteiger partial charge is 0.160 e. The molecule has 4 heteroatoms. The lowest BCUT2D eigenvalue weighted by molar-refractivity contribution is 0.673. The Kier molecular flexibility index (Phi) is 9.73. The molecule has 3 N–H and O–H groups in total. The fraction of sp³-hybridized carbons (Fsp3) is 0.137. The fourth-order valence-corrected chi connectivity index (χ4v) is 7.52. The highest BCUT2D eigenvalue weighted by atomic mass is 15.0. The molecular weight excluding hydrogens is 669 g/mol. The van der Waals surface area contributed by atoms with Crippen molar-refractivity contribution in [3.05, 3.63) is 192 Å². The molecular formula is C51H46N4. The third-order valence-electron chi connectivity index (χ3n) is 10.7. The largest absolute Gasteiger partial charge is 0.397 e.